The molecule has 1 aromatic rings. The van der Waals surface area contributed by atoms with Crippen LogP contribution in [0, 0.1) is 17.7 Å². The molecule has 0 bridgehead atoms. The Balaban J connectivity index is 1.55. The van der Waals surface area contributed by atoms with Crippen molar-refractivity contribution in [2.24, 2.45) is 11.8 Å². The molecule has 1 amide bonds. The van der Waals surface area contributed by atoms with E-state index in [4.69, 9.17) is 14.2 Å². The Kier molecular flexibility index (Phi) is 11.4. The van der Waals surface area contributed by atoms with Gasteiger partial charge in [-0.1, -0.05) is 32.1 Å². The van der Waals surface area contributed by atoms with Crippen molar-refractivity contribution in [3.63, 3.8) is 0 Å². The van der Waals surface area contributed by atoms with Gasteiger partial charge in [0.05, 0.1) is 31.4 Å². The number of anilines is 1. The average molecular weight is 588 g/mol. The highest BCUT2D eigenvalue weighted by molar-refractivity contribution is 5.71. The number of likely N-dealkylation sites (N-methyl/N-ethyl adjacent to an activating group) is 1. The molecule has 3 aliphatic rings. The third kappa shape index (κ3) is 8.78. The van der Waals surface area contributed by atoms with Crippen LogP contribution in [0.5, 0.6) is 0 Å². The molecule has 1 N–H and O–H groups in total. The van der Waals surface area contributed by atoms with Crippen LogP contribution in [0.4, 0.5) is 14.9 Å². The van der Waals surface area contributed by atoms with Gasteiger partial charge in [-0.2, -0.15) is 0 Å². The molecule has 0 aliphatic carbocycles. The Morgan fingerprint density at radius 1 is 1.07 bits per heavy atom. The lowest BCUT2D eigenvalue weighted by Gasteiger charge is -2.33. The normalized spacial score (nSPS) is 29.7. The van der Waals surface area contributed by atoms with Crippen LogP contribution in [0.1, 0.15) is 45.6 Å². The first-order valence-corrected chi connectivity index (χ1v) is 15.1. The van der Waals surface area contributed by atoms with Crippen molar-refractivity contribution in [1.82, 2.24) is 9.80 Å². The average Bonchev–Trinajstić information content (AvgIpc) is 2.97. The maximum Gasteiger partial charge on any atom is 0.410 e. The van der Waals surface area contributed by atoms with Crippen LogP contribution in [-0.4, -0.2) is 105 Å². The summed E-state index contributed by atoms with van der Waals surface area (Å²) in [5, 5.41) is 10.6. The predicted octanol–water partition coefficient (Wildman–Crippen LogP) is 4.10. The number of nitrogens with zero attached hydrogens (tertiary/aromatic N) is 3. The number of aliphatic hydroxyl groups is 1. The van der Waals surface area contributed by atoms with Gasteiger partial charge in [-0.25, -0.2) is 9.18 Å². The van der Waals surface area contributed by atoms with Crippen molar-refractivity contribution in [3.05, 3.63) is 47.3 Å². The molecule has 1 aromatic carbocycles. The molecule has 0 aromatic heterocycles. The van der Waals surface area contributed by atoms with Crippen molar-refractivity contribution in [3.8, 4) is 0 Å². The lowest BCUT2D eigenvalue weighted by Crippen LogP contribution is -2.48. The van der Waals surface area contributed by atoms with Gasteiger partial charge in [0.15, 0.2) is 0 Å². The monoisotopic (exact) mass is 587 g/mol. The van der Waals surface area contributed by atoms with E-state index in [9.17, 15) is 19.1 Å². The molecule has 0 saturated carbocycles. The maximum atomic E-state index is 14.7. The van der Waals surface area contributed by atoms with Crippen LogP contribution in [-0.2, 0) is 19.0 Å². The van der Waals surface area contributed by atoms with Crippen LogP contribution >= 0.6 is 0 Å². The summed E-state index contributed by atoms with van der Waals surface area (Å²) in [5.41, 5.74) is 2.09. The van der Waals surface area contributed by atoms with Crippen molar-refractivity contribution >= 4 is 23.8 Å². The number of carbonyl (C=O) groups excluding carboxylic acids is 2. The molecule has 5 atom stereocenters. The largest absolute Gasteiger partial charge is 0.457 e. The number of amides is 1. The molecule has 3 aliphatic heterocycles. The molecule has 0 unspecified atom stereocenters. The molecule has 4 rings (SSSR count). The molecular weight excluding hydrogens is 541 g/mol. The zero-order chi connectivity index (χ0) is 30.2. The van der Waals surface area contributed by atoms with Crippen LogP contribution in [0.15, 0.2) is 35.9 Å². The quantitative estimate of drug-likeness (QED) is 0.416. The number of hydrogen-bond acceptors (Lipinski definition) is 8. The van der Waals surface area contributed by atoms with E-state index in [2.05, 4.69) is 4.90 Å². The highest BCUT2D eigenvalue weighted by Gasteiger charge is 2.29. The molecule has 9 nitrogen and oxygen atoms in total. The molecule has 0 radical (unpaired) electrons. The standard InChI is InChI=1S/C32H46FN3O6/c1-22-5-8-26(37)21-30(38)42-31(23(2)6-10-29(22)41-32(39)36-13-11-34(4)12-14-36)24(3)19-25-7-9-27(33)28(20-25)35-15-17-40-18-16-35/h6-7,9-10,19-20,22-23,26,29,31,37H,5,8,11-18,21H2,1-4H3/b10-6-,24-19+/t22-,23-,26+,29-,31-/m0/s1. The second-order valence-corrected chi connectivity index (χ2v) is 11.9. The van der Waals surface area contributed by atoms with Gasteiger partial charge in [0.1, 0.15) is 18.0 Å². The number of carbonyl (C=O) groups is 2. The number of piperazine rings is 1. The number of morpholine rings is 1. The first-order chi connectivity index (χ1) is 20.1. The summed E-state index contributed by atoms with van der Waals surface area (Å²) in [6, 6.07) is 4.97. The molecule has 2 fully saturated rings. The van der Waals surface area contributed by atoms with Gasteiger partial charge in [0, 0.05) is 45.2 Å². The number of ether oxygens (including phenoxy) is 3. The van der Waals surface area contributed by atoms with Crippen LogP contribution in [0.3, 0.4) is 0 Å². The minimum Gasteiger partial charge on any atom is -0.457 e. The topological polar surface area (TPSA) is 91.8 Å². The van der Waals surface area contributed by atoms with E-state index in [1.165, 1.54) is 6.07 Å². The zero-order valence-corrected chi connectivity index (χ0v) is 25.3. The van der Waals surface area contributed by atoms with Gasteiger partial charge in [0.2, 0.25) is 0 Å². The molecule has 42 heavy (non-hydrogen) atoms. The summed E-state index contributed by atoms with van der Waals surface area (Å²) < 4.78 is 32.0. The Morgan fingerprint density at radius 3 is 2.50 bits per heavy atom. The van der Waals surface area contributed by atoms with Crippen molar-refractivity contribution in [1.29, 1.82) is 0 Å². The fraction of sp³-hybridized carbons (Fsp3) is 0.625. The molecule has 232 valence electrons. The van der Waals surface area contributed by atoms with Gasteiger partial charge in [0.25, 0.3) is 0 Å². The van der Waals surface area contributed by atoms with Gasteiger partial charge in [-0.3, -0.25) is 4.79 Å². The number of hydrogen-bond donors (Lipinski definition) is 1. The molecule has 0 spiro atoms. The Morgan fingerprint density at radius 2 is 1.79 bits per heavy atom. The smallest absolute Gasteiger partial charge is 0.410 e. The fourth-order valence-electron chi connectivity index (χ4n) is 5.64. The van der Waals surface area contributed by atoms with Gasteiger partial charge < -0.3 is 34.0 Å². The third-order valence-electron chi connectivity index (χ3n) is 8.42. The Hall–Kier alpha value is -2.95. The Bertz CT molecular complexity index is 1130. The molecule has 2 saturated heterocycles. The van der Waals surface area contributed by atoms with Crippen molar-refractivity contribution in [2.45, 2.75) is 58.3 Å². The highest BCUT2D eigenvalue weighted by Crippen LogP contribution is 2.28. The number of halogens is 1. The predicted molar refractivity (Wildman–Crippen MR) is 160 cm³/mol. The lowest BCUT2D eigenvalue weighted by atomic mass is 9.91. The van der Waals surface area contributed by atoms with Crippen LogP contribution in [0.25, 0.3) is 6.08 Å². The minimum absolute atomic E-state index is 0.0529. The minimum atomic E-state index is -0.856. The molecular formula is C32H46FN3O6. The van der Waals surface area contributed by atoms with Crippen LogP contribution < -0.4 is 4.90 Å². The zero-order valence-electron chi connectivity index (χ0n) is 25.3. The SMILES string of the molecule is C/C(=C\c1ccc(F)c(N2CCOCC2)c1)[C@H]1OC(=O)C[C@H](O)CC[C@H](C)[C@@H](OC(=O)N2CCN(C)CC2)/C=C\[C@@H]1C. The van der Waals surface area contributed by atoms with Gasteiger partial charge >= 0.3 is 12.1 Å². The number of aliphatic hydroxyl groups excluding tert-OH is 1. The first kappa shape index (κ1) is 32.0. The second-order valence-electron chi connectivity index (χ2n) is 11.9. The van der Waals surface area contributed by atoms with Gasteiger partial charge in [-0.05, 0) is 62.1 Å². The summed E-state index contributed by atoms with van der Waals surface area (Å²) >= 11 is 0. The second kappa shape index (κ2) is 15.0. The number of benzene rings is 1. The van der Waals surface area contributed by atoms with Crippen molar-refractivity contribution < 1.29 is 33.3 Å². The van der Waals surface area contributed by atoms with E-state index >= 15 is 0 Å². The molecule has 10 heteroatoms. The highest BCUT2D eigenvalue weighted by atomic mass is 19.1. The number of esters is 1. The van der Waals surface area contributed by atoms with E-state index in [0.717, 1.165) is 24.2 Å². The molecule has 3 heterocycles. The summed E-state index contributed by atoms with van der Waals surface area (Å²) in [5.74, 6) is -1.07. The number of cyclic esters (lactones) is 1. The summed E-state index contributed by atoms with van der Waals surface area (Å²) in [4.78, 5) is 31.7. The van der Waals surface area contributed by atoms with Crippen molar-refractivity contribution in [2.75, 3.05) is 64.4 Å². The summed E-state index contributed by atoms with van der Waals surface area (Å²) in [6.07, 6.45) is 4.30. The fourth-order valence-corrected chi connectivity index (χ4v) is 5.64. The summed E-state index contributed by atoms with van der Waals surface area (Å²) in [7, 11) is 2.03. The van der Waals surface area contributed by atoms with E-state index in [0.29, 0.717) is 57.9 Å². The number of rotatable bonds is 4. The summed E-state index contributed by atoms with van der Waals surface area (Å²) in [6.45, 7) is 11.0. The Labute approximate surface area is 248 Å². The van der Waals surface area contributed by atoms with E-state index in [1.54, 1.807) is 17.0 Å². The van der Waals surface area contributed by atoms with E-state index in [1.807, 2.05) is 50.9 Å². The first-order valence-electron chi connectivity index (χ1n) is 15.1. The maximum absolute atomic E-state index is 14.7. The van der Waals surface area contributed by atoms with Gasteiger partial charge in [-0.15, -0.1) is 0 Å². The van der Waals surface area contributed by atoms with E-state index in [-0.39, 0.29) is 30.2 Å². The third-order valence-corrected chi connectivity index (χ3v) is 8.42. The van der Waals surface area contributed by atoms with Crippen LogP contribution in [0.2, 0.25) is 0 Å². The van der Waals surface area contributed by atoms with E-state index < -0.39 is 24.3 Å². The lowest BCUT2D eigenvalue weighted by molar-refractivity contribution is -0.151.